The standard InChI is InChI=1S/C27H25N4O2.CO2.Na/c1-18-26(28-27(32)33-19(2)20-6-4-3-5-7-20)31(30-29-18)25-16-14-24(15-17-25)23-12-10-22(11-13-23)21-8-9-21;2-1-3;/h3-7,10-17,19H,8-9H2,1-2H3,(H,28,32);;/q-1;;+1/t19-;;/m1../s1. The monoisotopic (exact) mass is 504 g/mol. The summed E-state index contributed by atoms with van der Waals surface area (Å²) in [7, 11) is 0. The third-order valence-electron chi connectivity index (χ3n) is 5.85. The van der Waals surface area contributed by atoms with E-state index in [1.807, 2.05) is 61.5 Å². The number of aromatic nitrogens is 3. The van der Waals surface area contributed by atoms with Crippen molar-refractivity contribution in [1.29, 1.82) is 0 Å². The fourth-order valence-electron chi connectivity index (χ4n) is 3.80. The van der Waals surface area contributed by atoms with Crippen LogP contribution in [0.25, 0.3) is 16.8 Å². The smallest absolute Gasteiger partial charge is 0.441 e. The second kappa shape index (κ2) is 13.0. The Morgan fingerprint density at radius 2 is 1.54 bits per heavy atom. The van der Waals surface area contributed by atoms with Crippen molar-refractivity contribution in [2.75, 3.05) is 5.32 Å². The van der Waals surface area contributed by atoms with Gasteiger partial charge in [-0.25, -0.2) is 4.79 Å². The van der Waals surface area contributed by atoms with Gasteiger partial charge in [-0.2, -0.15) is 37.9 Å². The zero-order chi connectivity index (χ0) is 25.5. The zero-order valence-corrected chi connectivity index (χ0v) is 23.0. The van der Waals surface area contributed by atoms with Crippen molar-refractivity contribution in [2.45, 2.75) is 32.8 Å². The van der Waals surface area contributed by atoms with Crippen LogP contribution in [0.2, 0.25) is 0 Å². The van der Waals surface area contributed by atoms with Gasteiger partial charge in [0.05, 0.1) is 5.69 Å². The number of anilines is 1. The van der Waals surface area contributed by atoms with Gasteiger partial charge in [-0.3, -0.25) is 5.32 Å². The van der Waals surface area contributed by atoms with E-state index in [2.05, 4.69) is 39.9 Å². The number of rotatable bonds is 6. The molecule has 0 radical (unpaired) electrons. The molecule has 1 aliphatic rings. The van der Waals surface area contributed by atoms with Gasteiger partial charge in [0.1, 0.15) is 11.8 Å². The summed E-state index contributed by atoms with van der Waals surface area (Å²) < 4.78 is 7.15. The Labute approximate surface area is 237 Å². The van der Waals surface area contributed by atoms with Crippen LogP contribution < -0.4 is 34.9 Å². The molecule has 1 atom stereocenters. The van der Waals surface area contributed by atoms with Crippen LogP contribution >= 0.6 is 0 Å². The molecule has 0 saturated heterocycles. The number of nitrogens with zero attached hydrogens (tertiary/aromatic N) is 3. The average Bonchev–Trinajstić information content (AvgIpc) is 3.69. The van der Waals surface area contributed by atoms with E-state index in [4.69, 9.17) is 14.3 Å². The Hall–Kier alpha value is -3.68. The molecular weight excluding hydrogens is 479 g/mol. The first kappa shape index (κ1) is 27.9. The van der Waals surface area contributed by atoms with Crippen molar-refractivity contribution in [3.05, 3.63) is 102 Å². The van der Waals surface area contributed by atoms with Crippen molar-refractivity contribution in [2.24, 2.45) is 0 Å². The summed E-state index contributed by atoms with van der Waals surface area (Å²) in [6.07, 6.45) is 1.77. The molecule has 1 heterocycles. The minimum atomic E-state index is -0.553. The summed E-state index contributed by atoms with van der Waals surface area (Å²) in [5.41, 5.74) is 5.96. The van der Waals surface area contributed by atoms with Crippen LogP contribution in [-0.4, -0.2) is 27.2 Å². The number of nitrogens with one attached hydrogen (secondary N) is 1. The van der Waals surface area contributed by atoms with Crippen molar-refractivity contribution in [1.82, 2.24) is 15.0 Å². The van der Waals surface area contributed by atoms with Gasteiger partial charge in [-0.1, -0.05) is 60.5 Å². The van der Waals surface area contributed by atoms with E-state index < -0.39 is 6.09 Å². The molecule has 4 aromatic rings. The normalized spacial score (nSPS) is 12.2. The number of carbonyl (C=O) groups is 1. The van der Waals surface area contributed by atoms with Crippen molar-refractivity contribution < 1.29 is 48.7 Å². The second-order valence-electron chi connectivity index (χ2n) is 8.33. The Bertz CT molecular complexity index is 1350. The quantitative estimate of drug-likeness (QED) is 0.320. The molecule has 8 nitrogen and oxygen atoms in total. The molecule has 0 aliphatic heterocycles. The number of aryl methyl sites for hydroxylation is 1. The van der Waals surface area contributed by atoms with Crippen LogP contribution in [0.15, 0.2) is 78.9 Å². The predicted octanol–water partition coefficient (Wildman–Crippen LogP) is 2.69. The van der Waals surface area contributed by atoms with E-state index in [1.54, 1.807) is 11.6 Å². The minimum Gasteiger partial charge on any atom is -0.441 e. The molecule has 1 aliphatic carbocycles. The molecule has 182 valence electrons. The Morgan fingerprint density at radius 3 is 2.11 bits per heavy atom. The number of amides is 1. The maximum atomic E-state index is 12.5. The number of ether oxygens (including phenoxy) is 1. The molecule has 5 rings (SSSR count). The van der Waals surface area contributed by atoms with Crippen LogP contribution in [0.1, 0.15) is 42.7 Å². The molecule has 1 N–H and O–H groups in total. The maximum absolute atomic E-state index is 12.5. The number of carbonyl (C=O) groups excluding carboxylic acids is 3. The first-order valence-corrected chi connectivity index (χ1v) is 11.5. The van der Waals surface area contributed by atoms with Gasteiger partial charge in [0.2, 0.25) is 0 Å². The van der Waals surface area contributed by atoms with E-state index in [0.29, 0.717) is 11.5 Å². The number of hydrogen-bond acceptors (Lipinski definition) is 6. The molecule has 0 spiro atoms. The van der Waals surface area contributed by atoms with Gasteiger partial charge in [-0.05, 0) is 42.7 Å². The van der Waals surface area contributed by atoms with Crippen LogP contribution in [-0.2, 0) is 14.3 Å². The van der Waals surface area contributed by atoms with Crippen LogP contribution in [0.3, 0.4) is 0 Å². The van der Waals surface area contributed by atoms with E-state index in [1.165, 1.54) is 24.3 Å². The summed E-state index contributed by atoms with van der Waals surface area (Å²) in [4.78, 5) is 28.8. The summed E-state index contributed by atoms with van der Waals surface area (Å²) in [5, 5.41) is 11.1. The second-order valence-corrected chi connectivity index (χ2v) is 8.33. The van der Waals surface area contributed by atoms with Gasteiger partial charge in [0.15, 0.2) is 5.82 Å². The fraction of sp³-hybridized carbons (Fsp3) is 0.179. The molecule has 1 saturated carbocycles. The van der Waals surface area contributed by atoms with Gasteiger partial charge >= 0.3 is 41.8 Å². The van der Waals surface area contributed by atoms with E-state index >= 15 is 0 Å². The molecule has 1 fully saturated rings. The van der Waals surface area contributed by atoms with Crippen LogP contribution in [0.4, 0.5) is 10.6 Å². The molecule has 3 aromatic carbocycles. The van der Waals surface area contributed by atoms with E-state index in [0.717, 1.165) is 22.4 Å². The Morgan fingerprint density at radius 1 is 0.973 bits per heavy atom. The van der Waals surface area contributed by atoms with Crippen molar-refractivity contribution >= 4 is 18.1 Å². The third kappa shape index (κ3) is 7.18. The first-order chi connectivity index (χ1) is 17.5. The number of benzene rings is 3. The van der Waals surface area contributed by atoms with Gasteiger partial charge < -0.3 is 4.74 Å². The molecule has 0 bridgehead atoms. The Kier molecular flexibility index (Phi) is 9.83. The zero-order valence-electron chi connectivity index (χ0n) is 21.0. The van der Waals surface area contributed by atoms with Crippen LogP contribution in [0, 0.1) is 12.8 Å². The van der Waals surface area contributed by atoms with E-state index in [-0.39, 0.29) is 41.8 Å². The summed E-state index contributed by atoms with van der Waals surface area (Å²) in [6, 6.07) is 26.3. The molecule has 37 heavy (non-hydrogen) atoms. The maximum Gasteiger partial charge on any atom is 1.00 e. The SMILES string of the molecule is Cc1nnn(-c2ccc(-c3ccc([C-]4CC4)cc3)cc2)c1NC(=O)O[C@H](C)c1ccccc1.O=C=O.[Na+]. The van der Waals surface area contributed by atoms with Gasteiger partial charge in [0, 0.05) is 0 Å². The van der Waals surface area contributed by atoms with Gasteiger partial charge in [0.25, 0.3) is 0 Å². The molecule has 9 heteroatoms. The van der Waals surface area contributed by atoms with E-state index in [9.17, 15) is 4.79 Å². The summed E-state index contributed by atoms with van der Waals surface area (Å²) in [5.74, 6) is 2.02. The minimum absolute atomic E-state index is 0. The summed E-state index contributed by atoms with van der Waals surface area (Å²) >= 11 is 0. The first-order valence-electron chi connectivity index (χ1n) is 11.5. The third-order valence-corrected chi connectivity index (χ3v) is 5.85. The number of hydrogen-bond donors (Lipinski definition) is 1. The summed E-state index contributed by atoms with van der Waals surface area (Å²) in [6.45, 7) is 3.64. The fourth-order valence-corrected chi connectivity index (χ4v) is 3.80. The molecule has 1 amide bonds. The molecule has 1 aromatic heterocycles. The molecule has 0 unspecified atom stereocenters. The van der Waals surface area contributed by atoms with Gasteiger partial charge in [-0.15, -0.1) is 17.2 Å². The molecular formula is C28H25N4NaO4. The average molecular weight is 505 g/mol. The predicted molar refractivity (Wildman–Crippen MR) is 133 cm³/mol. The van der Waals surface area contributed by atoms with Crippen LogP contribution in [0.5, 0.6) is 0 Å². The largest absolute Gasteiger partial charge is 1.00 e. The van der Waals surface area contributed by atoms with Crippen molar-refractivity contribution in [3.8, 4) is 16.8 Å². The van der Waals surface area contributed by atoms with Crippen molar-refractivity contribution in [3.63, 3.8) is 0 Å². The topological polar surface area (TPSA) is 103 Å². The Balaban J connectivity index is 0.000000908.